The third-order valence-electron chi connectivity index (χ3n) is 3.27. The minimum absolute atomic E-state index is 0.407. The lowest BCUT2D eigenvalue weighted by Crippen LogP contribution is -2.25. The summed E-state index contributed by atoms with van der Waals surface area (Å²) in [6, 6.07) is 8.85. The van der Waals surface area contributed by atoms with Gasteiger partial charge in [0.05, 0.1) is 5.69 Å². The molecule has 3 rings (SSSR count). The average molecular weight is 228 g/mol. The first kappa shape index (κ1) is 10.2. The van der Waals surface area contributed by atoms with E-state index in [9.17, 15) is 0 Å². The predicted molar refractivity (Wildman–Crippen MR) is 69.4 cm³/mol. The minimum Gasteiger partial charge on any atom is -0.394 e. The SMILES string of the molecule is CC1Cc2ccccc2N1c1nn(C)cc1N. The van der Waals surface area contributed by atoms with Gasteiger partial charge in [-0.1, -0.05) is 18.2 Å². The van der Waals surface area contributed by atoms with Crippen molar-refractivity contribution in [2.45, 2.75) is 19.4 Å². The quantitative estimate of drug-likeness (QED) is 0.813. The van der Waals surface area contributed by atoms with E-state index in [1.807, 2.05) is 13.2 Å². The molecule has 0 saturated heterocycles. The van der Waals surface area contributed by atoms with Crippen LogP contribution in [0.5, 0.6) is 0 Å². The third-order valence-corrected chi connectivity index (χ3v) is 3.27. The number of anilines is 3. The normalized spacial score (nSPS) is 18.5. The molecule has 1 unspecified atom stereocenters. The number of nitrogens with zero attached hydrogens (tertiary/aromatic N) is 3. The fraction of sp³-hybridized carbons (Fsp3) is 0.308. The summed E-state index contributed by atoms with van der Waals surface area (Å²) in [5.41, 5.74) is 9.34. The number of benzene rings is 1. The van der Waals surface area contributed by atoms with Crippen molar-refractivity contribution in [3.8, 4) is 0 Å². The van der Waals surface area contributed by atoms with Crippen LogP contribution in [0.3, 0.4) is 0 Å². The zero-order valence-electron chi connectivity index (χ0n) is 10.1. The molecule has 0 aliphatic carbocycles. The van der Waals surface area contributed by atoms with E-state index in [-0.39, 0.29) is 0 Å². The van der Waals surface area contributed by atoms with Gasteiger partial charge in [-0.2, -0.15) is 5.10 Å². The van der Waals surface area contributed by atoms with Crippen LogP contribution in [0.2, 0.25) is 0 Å². The molecule has 4 nitrogen and oxygen atoms in total. The van der Waals surface area contributed by atoms with E-state index in [2.05, 4.69) is 41.2 Å². The zero-order valence-corrected chi connectivity index (χ0v) is 10.1. The summed E-state index contributed by atoms with van der Waals surface area (Å²) in [7, 11) is 1.90. The molecule has 2 aromatic rings. The molecular weight excluding hydrogens is 212 g/mol. The van der Waals surface area contributed by atoms with Crippen LogP contribution in [0.25, 0.3) is 0 Å². The summed E-state index contributed by atoms with van der Waals surface area (Å²) in [5.74, 6) is 0.866. The van der Waals surface area contributed by atoms with Crippen molar-refractivity contribution in [3.05, 3.63) is 36.0 Å². The van der Waals surface area contributed by atoms with Gasteiger partial charge in [-0.25, -0.2) is 0 Å². The van der Waals surface area contributed by atoms with Gasteiger partial charge in [-0.3, -0.25) is 4.68 Å². The van der Waals surface area contributed by atoms with Crippen LogP contribution in [0.15, 0.2) is 30.5 Å². The molecule has 1 aromatic heterocycles. The zero-order chi connectivity index (χ0) is 12.0. The number of para-hydroxylation sites is 1. The van der Waals surface area contributed by atoms with E-state index in [0.717, 1.165) is 17.9 Å². The average Bonchev–Trinajstić information content (AvgIpc) is 2.77. The molecule has 0 radical (unpaired) electrons. The van der Waals surface area contributed by atoms with Gasteiger partial charge in [0.1, 0.15) is 0 Å². The fourth-order valence-corrected chi connectivity index (χ4v) is 2.57. The molecule has 0 amide bonds. The second-order valence-corrected chi connectivity index (χ2v) is 4.63. The summed E-state index contributed by atoms with van der Waals surface area (Å²) in [5, 5.41) is 4.46. The number of hydrogen-bond donors (Lipinski definition) is 1. The second-order valence-electron chi connectivity index (χ2n) is 4.63. The van der Waals surface area contributed by atoms with Gasteiger partial charge in [0, 0.05) is 25.0 Å². The third kappa shape index (κ3) is 1.48. The van der Waals surface area contributed by atoms with Crippen molar-refractivity contribution in [2.75, 3.05) is 10.6 Å². The lowest BCUT2D eigenvalue weighted by atomic mass is 10.1. The van der Waals surface area contributed by atoms with Crippen LogP contribution >= 0.6 is 0 Å². The van der Waals surface area contributed by atoms with Crippen molar-refractivity contribution in [3.63, 3.8) is 0 Å². The maximum absolute atomic E-state index is 6.02. The fourth-order valence-electron chi connectivity index (χ4n) is 2.57. The topological polar surface area (TPSA) is 47.1 Å². The van der Waals surface area contributed by atoms with E-state index in [0.29, 0.717) is 6.04 Å². The molecule has 17 heavy (non-hydrogen) atoms. The summed E-state index contributed by atoms with van der Waals surface area (Å²) in [4.78, 5) is 2.23. The Kier molecular flexibility index (Phi) is 2.11. The Balaban J connectivity index is 2.12. The lowest BCUT2D eigenvalue weighted by Gasteiger charge is -2.22. The number of fused-ring (bicyclic) bond motifs is 1. The number of nitrogen functional groups attached to an aromatic ring is 1. The van der Waals surface area contributed by atoms with E-state index in [1.165, 1.54) is 11.3 Å². The van der Waals surface area contributed by atoms with Crippen LogP contribution in [0, 0.1) is 0 Å². The summed E-state index contributed by atoms with van der Waals surface area (Å²) < 4.78 is 1.76. The van der Waals surface area contributed by atoms with Gasteiger partial charge in [0.15, 0.2) is 5.82 Å². The highest BCUT2D eigenvalue weighted by Crippen LogP contribution is 2.39. The second kappa shape index (κ2) is 3.52. The Morgan fingerprint density at radius 2 is 2.12 bits per heavy atom. The maximum Gasteiger partial charge on any atom is 0.178 e. The summed E-state index contributed by atoms with van der Waals surface area (Å²) >= 11 is 0. The molecule has 0 saturated carbocycles. The smallest absolute Gasteiger partial charge is 0.178 e. The van der Waals surface area contributed by atoms with Crippen LogP contribution < -0.4 is 10.6 Å². The molecule has 88 valence electrons. The van der Waals surface area contributed by atoms with Gasteiger partial charge < -0.3 is 10.6 Å². The summed E-state index contributed by atoms with van der Waals surface area (Å²) in [6.07, 6.45) is 2.90. The Morgan fingerprint density at radius 1 is 1.35 bits per heavy atom. The highest BCUT2D eigenvalue weighted by molar-refractivity contribution is 5.75. The monoisotopic (exact) mass is 228 g/mol. The molecule has 4 heteroatoms. The molecular formula is C13H16N4. The van der Waals surface area contributed by atoms with E-state index >= 15 is 0 Å². The van der Waals surface area contributed by atoms with Crippen LogP contribution in [-0.2, 0) is 13.5 Å². The molecule has 0 bridgehead atoms. The number of hydrogen-bond acceptors (Lipinski definition) is 3. The first-order valence-electron chi connectivity index (χ1n) is 5.83. The van der Waals surface area contributed by atoms with Crippen molar-refractivity contribution in [1.82, 2.24) is 9.78 Å². The maximum atomic E-state index is 6.02. The number of aryl methyl sites for hydroxylation is 1. The molecule has 0 spiro atoms. The van der Waals surface area contributed by atoms with Gasteiger partial charge >= 0.3 is 0 Å². The van der Waals surface area contributed by atoms with Crippen molar-refractivity contribution in [1.29, 1.82) is 0 Å². The minimum atomic E-state index is 0.407. The molecule has 2 heterocycles. The van der Waals surface area contributed by atoms with Crippen molar-refractivity contribution < 1.29 is 0 Å². The molecule has 1 atom stereocenters. The number of nitrogens with two attached hydrogens (primary N) is 1. The Bertz CT molecular complexity index is 558. The van der Waals surface area contributed by atoms with Crippen LogP contribution in [0.1, 0.15) is 12.5 Å². The van der Waals surface area contributed by atoms with Crippen LogP contribution in [-0.4, -0.2) is 15.8 Å². The van der Waals surface area contributed by atoms with Crippen LogP contribution in [0.4, 0.5) is 17.2 Å². The molecule has 1 aliphatic rings. The Labute approximate surface area is 101 Å². The highest BCUT2D eigenvalue weighted by Gasteiger charge is 2.29. The standard InChI is InChI=1S/C13H16N4/c1-9-7-10-5-3-4-6-12(10)17(9)13-11(14)8-16(2)15-13/h3-6,8-9H,7,14H2,1-2H3. The molecule has 2 N–H and O–H groups in total. The van der Waals surface area contributed by atoms with E-state index in [1.54, 1.807) is 4.68 Å². The first-order valence-corrected chi connectivity index (χ1v) is 5.83. The molecule has 0 fully saturated rings. The molecule has 1 aliphatic heterocycles. The highest BCUT2D eigenvalue weighted by atomic mass is 15.4. The summed E-state index contributed by atoms with van der Waals surface area (Å²) in [6.45, 7) is 2.20. The predicted octanol–water partition coefficient (Wildman–Crippen LogP) is 2.08. The van der Waals surface area contributed by atoms with Gasteiger partial charge in [0.2, 0.25) is 0 Å². The molecule has 1 aromatic carbocycles. The largest absolute Gasteiger partial charge is 0.394 e. The van der Waals surface area contributed by atoms with Gasteiger partial charge in [0.25, 0.3) is 0 Å². The lowest BCUT2D eigenvalue weighted by molar-refractivity contribution is 0.719. The van der Waals surface area contributed by atoms with Gasteiger partial charge in [-0.15, -0.1) is 0 Å². The van der Waals surface area contributed by atoms with E-state index < -0.39 is 0 Å². The Hall–Kier alpha value is -1.97. The Morgan fingerprint density at radius 3 is 2.82 bits per heavy atom. The number of rotatable bonds is 1. The number of aromatic nitrogens is 2. The van der Waals surface area contributed by atoms with Crippen molar-refractivity contribution >= 4 is 17.2 Å². The van der Waals surface area contributed by atoms with Gasteiger partial charge in [-0.05, 0) is 25.0 Å². The van der Waals surface area contributed by atoms with Crippen molar-refractivity contribution in [2.24, 2.45) is 7.05 Å². The van der Waals surface area contributed by atoms with E-state index in [4.69, 9.17) is 5.73 Å². The first-order chi connectivity index (χ1) is 8.16.